The Kier molecular flexibility index (Phi) is 4.92. The van der Waals surface area contributed by atoms with Crippen LogP contribution in [0.15, 0.2) is 24.3 Å². The van der Waals surface area contributed by atoms with Crippen molar-refractivity contribution in [1.82, 2.24) is 5.32 Å². The number of anilines is 1. The second kappa shape index (κ2) is 6.50. The lowest BCUT2D eigenvalue weighted by atomic mass is 9.75. The molecule has 3 nitrogen and oxygen atoms in total. The number of hydrogen-bond donors (Lipinski definition) is 2. The molecule has 1 aliphatic rings. The Morgan fingerprint density at radius 2 is 1.81 bits per heavy atom. The monoisotopic (exact) mass is 288 g/mol. The molecule has 1 aliphatic carbocycles. The Labute approximate surface area is 128 Å². The van der Waals surface area contributed by atoms with Gasteiger partial charge in [0.25, 0.3) is 5.91 Å². The van der Waals surface area contributed by atoms with E-state index < -0.39 is 0 Å². The van der Waals surface area contributed by atoms with E-state index in [0.29, 0.717) is 17.5 Å². The van der Waals surface area contributed by atoms with Crippen molar-refractivity contribution in [3.8, 4) is 0 Å². The molecular weight excluding hydrogens is 260 g/mol. The fourth-order valence-corrected chi connectivity index (χ4v) is 2.92. The van der Waals surface area contributed by atoms with Crippen LogP contribution in [-0.4, -0.2) is 18.0 Å². The molecule has 21 heavy (non-hydrogen) atoms. The van der Waals surface area contributed by atoms with Gasteiger partial charge in [0.15, 0.2) is 0 Å². The number of hydrogen-bond acceptors (Lipinski definition) is 2. The van der Waals surface area contributed by atoms with Crippen molar-refractivity contribution in [1.29, 1.82) is 0 Å². The van der Waals surface area contributed by atoms with E-state index in [2.05, 4.69) is 38.3 Å². The third-order valence-electron chi connectivity index (χ3n) is 4.29. The van der Waals surface area contributed by atoms with Crippen molar-refractivity contribution >= 4 is 11.6 Å². The Balaban J connectivity index is 2.01. The first-order valence-corrected chi connectivity index (χ1v) is 8.04. The Bertz CT molecular complexity index is 484. The van der Waals surface area contributed by atoms with Gasteiger partial charge >= 0.3 is 0 Å². The molecule has 0 saturated heterocycles. The molecule has 0 radical (unpaired) electrons. The quantitative estimate of drug-likeness (QED) is 0.871. The molecule has 1 fully saturated rings. The molecule has 116 valence electrons. The maximum absolute atomic E-state index is 12.5. The van der Waals surface area contributed by atoms with Crippen molar-refractivity contribution in [2.45, 2.75) is 65.5 Å². The van der Waals surface area contributed by atoms with Gasteiger partial charge in [-0.15, -0.1) is 0 Å². The van der Waals surface area contributed by atoms with Gasteiger partial charge in [0.2, 0.25) is 0 Å². The number of para-hydroxylation sites is 1. The van der Waals surface area contributed by atoms with Gasteiger partial charge < -0.3 is 10.6 Å². The van der Waals surface area contributed by atoms with Gasteiger partial charge in [-0.25, -0.2) is 0 Å². The summed E-state index contributed by atoms with van der Waals surface area (Å²) in [6, 6.07) is 8.38. The molecule has 1 aromatic carbocycles. The van der Waals surface area contributed by atoms with E-state index in [1.54, 1.807) is 0 Å². The first-order chi connectivity index (χ1) is 9.87. The number of benzene rings is 1. The molecular formula is C18H28N2O. The van der Waals surface area contributed by atoms with Crippen molar-refractivity contribution < 1.29 is 4.79 Å². The number of carbonyl (C=O) groups excluding carboxylic acids is 1. The van der Waals surface area contributed by atoms with Crippen LogP contribution in [-0.2, 0) is 0 Å². The fourth-order valence-electron chi connectivity index (χ4n) is 2.92. The number of carbonyl (C=O) groups is 1. The lowest BCUT2D eigenvalue weighted by molar-refractivity contribution is 0.0910. The molecule has 0 bridgehead atoms. The van der Waals surface area contributed by atoms with Crippen molar-refractivity contribution in [3.05, 3.63) is 29.8 Å². The average molecular weight is 288 g/mol. The van der Waals surface area contributed by atoms with Crippen LogP contribution in [0.25, 0.3) is 0 Å². The SMILES string of the molecule is CC(C)Nc1ccccc1C(=O)NC1CCC(C)(C)CC1. The summed E-state index contributed by atoms with van der Waals surface area (Å²) in [7, 11) is 0. The first-order valence-electron chi connectivity index (χ1n) is 8.04. The molecule has 0 spiro atoms. The molecule has 0 aromatic heterocycles. The zero-order valence-corrected chi connectivity index (χ0v) is 13.7. The molecule has 0 unspecified atom stereocenters. The number of nitrogens with one attached hydrogen (secondary N) is 2. The summed E-state index contributed by atoms with van der Waals surface area (Å²) >= 11 is 0. The second-order valence-corrected chi connectivity index (χ2v) is 7.26. The van der Waals surface area contributed by atoms with E-state index in [-0.39, 0.29) is 5.91 Å². The zero-order valence-electron chi connectivity index (χ0n) is 13.7. The number of rotatable bonds is 4. The van der Waals surface area contributed by atoms with Crippen LogP contribution in [0, 0.1) is 5.41 Å². The highest BCUT2D eigenvalue weighted by molar-refractivity contribution is 5.99. The minimum absolute atomic E-state index is 0.0449. The molecule has 0 heterocycles. The van der Waals surface area contributed by atoms with Gasteiger partial charge in [-0.05, 0) is 57.1 Å². The molecule has 1 saturated carbocycles. The van der Waals surface area contributed by atoms with Crippen LogP contribution in [0.4, 0.5) is 5.69 Å². The first kappa shape index (κ1) is 15.9. The van der Waals surface area contributed by atoms with Crippen LogP contribution in [0.3, 0.4) is 0 Å². The summed E-state index contributed by atoms with van der Waals surface area (Å²) in [4.78, 5) is 12.5. The van der Waals surface area contributed by atoms with Crippen molar-refractivity contribution in [2.75, 3.05) is 5.32 Å². The molecule has 3 heteroatoms. The standard InChI is InChI=1S/C18H28N2O/c1-13(2)19-16-8-6-5-7-15(16)17(21)20-14-9-11-18(3,4)12-10-14/h5-8,13-14,19H,9-12H2,1-4H3,(H,20,21). The highest BCUT2D eigenvalue weighted by atomic mass is 16.1. The lowest BCUT2D eigenvalue weighted by Crippen LogP contribution is -2.39. The fraction of sp³-hybridized carbons (Fsp3) is 0.611. The van der Waals surface area contributed by atoms with Gasteiger partial charge in [0.1, 0.15) is 0 Å². The Morgan fingerprint density at radius 3 is 2.43 bits per heavy atom. The van der Waals surface area contributed by atoms with Gasteiger partial charge in [-0.2, -0.15) is 0 Å². The van der Waals surface area contributed by atoms with E-state index in [0.717, 1.165) is 24.1 Å². The van der Waals surface area contributed by atoms with E-state index in [1.807, 2.05) is 24.3 Å². The molecule has 0 aliphatic heterocycles. The summed E-state index contributed by atoms with van der Waals surface area (Å²) in [6.07, 6.45) is 4.53. The smallest absolute Gasteiger partial charge is 0.253 e. The minimum Gasteiger partial charge on any atom is -0.382 e. The second-order valence-electron chi connectivity index (χ2n) is 7.26. The lowest BCUT2D eigenvalue weighted by Gasteiger charge is -2.34. The predicted molar refractivity (Wildman–Crippen MR) is 88.7 cm³/mol. The zero-order chi connectivity index (χ0) is 15.5. The Morgan fingerprint density at radius 1 is 1.19 bits per heavy atom. The maximum atomic E-state index is 12.5. The number of amides is 1. The summed E-state index contributed by atoms with van der Waals surface area (Å²) in [6.45, 7) is 8.79. The molecule has 2 rings (SSSR count). The van der Waals surface area contributed by atoms with E-state index >= 15 is 0 Å². The van der Waals surface area contributed by atoms with Crippen molar-refractivity contribution in [3.63, 3.8) is 0 Å². The molecule has 1 amide bonds. The predicted octanol–water partition coefficient (Wildman–Crippen LogP) is 4.21. The summed E-state index contributed by atoms with van der Waals surface area (Å²) < 4.78 is 0. The molecule has 2 N–H and O–H groups in total. The van der Waals surface area contributed by atoms with Crippen molar-refractivity contribution in [2.24, 2.45) is 5.41 Å². The molecule has 0 atom stereocenters. The molecule has 1 aromatic rings. The van der Waals surface area contributed by atoms with E-state index in [1.165, 1.54) is 12.8 Å². The van der Waals surface area contributed by atoms with E-state index in [4.69, 9.17) is 0 Å². The highest BCUT2D eigenvalue weighted by Crippen LogP contribution is 2.35. The van der Waals surface area contributed by atoms with Gasteiger partial charge in [0, 0.05) is 17.8 Å². The van der Waals surface area contributed by atoms with Crippen LogP contribution in [0.5, 0.6) is 0 Å². The van der Waals surface area contributed by atoms with Crippen LogP contribution >= 0.6 is 0 Å². The Hall–Kier alpha value is -1.51. The van der Waals surface area contributed by atoms with Gasteiger partial charge in [0.05, 0.1) is 5.56 Å². The van der Waals surface area contributed by atoms with Gasteiger partial charge in [-0.1, -0.05) is 26.0 Å². The topological polar surface area (TPSA) is 41.1 Å². The van der Waals surface area contributed by atoms with Crippen LogP contribution in [0.1, 0.15) is 63.7 Å². The van der Waals surface area contributed by atoms with E-state index in [9.17, 15) is 4.79 Å². The minimum atomic E-state index is 0.0449. The third-order valence-corrected chi connectivity index (χ3v) is 4.29. The van der Waals surface area contributed by atoms with Crippen LogP contribution < -0.4 is 10.6 Å². The average Bonchev–Trinajstić information content (AvgIpc) is 2.41. The highest BCUT2D eigenvalue weighted by Gasteiger charge is 2.28. The summed E-state index contributed by atoms with van der Waals surface area (Å²) in [5.41, 5.74) is 2.09. The third kappa shape index (κ3) is 4.48. The maximum Gasteiger partial charge on any atom is 0.253 e. The van der Waals surface area contributed by atoms with Crippen LogP contribution in [0.2, 0.25) is 0 Å². The summed E-state index contributed by atoms with van der Waals surface area (Å²) in [5, 5.41) is 6.55. The normalized spacial score (nSPS) is 18.5. The largest absolute Gasteiger partial charge is 0.382 e. The summed E-state index contributed by atoms with van der Waals surface area (Å²) in [5.74, 6) is 0.0449. The van der Waals surface area contributed by atoms with Gasteiger partial charge in [-0.3, -0.25) is 4.79 Å².